The van der Waals surface area contributed by atoms with Crippen molar-refractivity contribution >= 4 is 70.9 Å². The first kappa shape index (κ1) is 54.1. The zero-order chi connectivity index (χ0) is 50.2. The van der Waals surface area contributed by atoms with Gasteiger partial charge >= 0.3 is 0 Å². The number of hydrogen-bond acceptors (Lipinski definition) is 16. The van der Waals surface area contributed by atoms with Crippen LogP contribution >= 0.6 is 0 Å². The molecule has 0 spiro atoms. The highest BCUT2D eigenvalue weighted by Crippen LogP contribution is 2.29. The molecule has 0 aromatic rings. The van der Waals surface area contributed by atoms with Gasteiger partial charge in [0.05, 0.1) is 46.0 Å². The van der Waals surface area contributed by atoms with Gasteiger partial charge in [0, 0.05) is 26.2 Å². The maximum Gasteiger partial charge on any atom is 0.246 e. The summed E-state index contributed by atoms with van der Waals surface area (Å²) in [6, 6.07) is -9.75. The van der Waals surface area contributed by atoms with Crippen molar-refractivity contribution in [2.24, 2.45) is 11.5 Å². The first-order valence-corrected chi connectivity index (χ1v) is 22.4. The van der Waals surface area contributed by atoms with Crippen LogP contribution in [0.5, 0.6) is 0 Å². The lowest BCUT2D eigenvalue weighted by atomic mass is 10.1. The highest BCUT2D eigenvalue weighted by Gasteiger charge is 2.46. The van der Waals surface area contributed by atoms with E-state index in [1.54, 1.807) is 0 Å². The molecule has 0 radical (unpaired) electrons. The van der Waals surface area contributed by atoms with Crippen molar-refractivity contribution in [1.82, 2.24) is 56.8 Å². The number of aliphatic hydroxyl groups excluding tert-OH is 3. The van der Waals surface area contributed by atoms with Gasteiger partial charge in [-0.1, -0.05) is 0 Å². The number of rotatable bonds is 22. The van der Waals surface area contributed by atoms with Crippen LogP contribution in [-0.2, 0) is 57.5 Å². The fourth-order valence-electron chi connectivity index (χ4n) is 8.48. The van der Waals surface area contributed by atoms with E-state index in [4.69, 9.17) is 11.5 Å². The van der Waals surface area contributed by atoms with Crippen LogP contribution in [0.25, 0.3) is 0 Å². The van der Waals surface area contributed by atoms with Crippen LogP contribution in [0, 0.1) is 0 Å². The maximum absolute atomic E-state index is 14.0. The van der Waals surface area contributed by atoms with E-state index in [9.17, 15) is 72.9 Å². The van der Waals surface area contributed by atoms with Crippen molar-refractivity contribution in [1.29, 1.82) is 0 Å². The number of hydrogen-bond donors (Lipinski definition) is 12. The molecule has 0 saturated carbocycles. The van der Waals surface area contributed by atoms with E-state index in [2.05, 4.69) is 37.2 Å². The Kier molecular flexibility index (Phi) is 20.3. The monoisotopic (exact) mass is 965 g/mol. The molecule has 0 unspecified atom stereocenters. The SMILES string of the molecule is C[C@H](NC(=O)CNC(=O)[C@H](CO)NC(=O)[C@H](CO)NC(=O)[C@@H]1CCCN1C(=O)CNC(=O)CNC(=O)CN)C(=O)N1CCC[C@H]1C(=O)N1CCC[C@H]1C(=O)N1CCC[C@H]1C(=O)N[C@@H](CO)C(N)=O. The fraction of sp³-hybridized carbons (Fsp3) is 0.700. The third-order valence-electron chi connectivity index (χ3n) is 12.1. The molecule has 4 aliphatic rings. The van der Waals surface area contributed by atoms with Gasteiger partial charge in [0.1, 0.15) is 48.3 Å². The number of nitrogens with zero attached hydrogens (tertiary/aromatic N) is 4. The molecule has 0 aromatic heterocycles. The molecular weight excluding hydrogens is 903 g/mol. The maximum atomic E-state index is 14.0. The number of carbonyl (C=O) groups is 12. The Bertz CT molecular complexity index is 1940. The molecule has 8 atom stereocenters. The number of nitrogens with one attached hydrogen (secondary N) is 7. The molecule has 0 aromatic carbocycles. The zero-order valence-electron chi connectivity index (χ0n) is 37.7. The highest BCUT2D eigenvalue weighted by molar-refractivity contribution is 5.99. The number of amides is 12. The van der Waals surface area contributed by atoms with Gasteiger partial charge in [0.2, 0.25) is 70.9 Å². The quantitative estimate of drug-likeness (QED) is 0.0479. The summed E-state index contributed by atoms with van der Waals surface area (Å²) in [6.07, 6.45) is 2.87. The Morgan fingerprint density at radius 1 is 0.515 bits per heavy atom. The van der Waals surface area contributed by atoms with E-state index >= 15 is 0 Å². The van der Waals surface area contributed by atoms with Crippen LogP contribution in [0.2, 0.25) is 0 Å². The minimum atomic E-state index is -1.67. The van der Waals surface area contributed by atoms with Gasteiger partial charge in [-0.15, -0.1) is 0 Å². The summed E-state index contributed by atoms with van der Waals surface area (Å²) in [6.45, 7) is -2.52. The van der Waals surface area contributed by atoms with Crippen LogP contribution in [0.4, 0.5) is 0 Å². The summed E-state index contributed by atoms with van der Waals surface area (Å²) >= 11 is 0. The van der Waals surface area contributed by atoms with Gasteiger partial charge in [-0.05, 0) is 58.3 Å². The lowest BCUT2D eigenvalue weighted by Gasteiger charge is -2.34. The smallest absolute Gasteiger partial charge is 0.246 e. The van der Waals surface area contributed by atoms with E-state index in [1.807, 2.05) is 0 Å². The molecule has 28 heteroatoms. The molecule has 4 fully saturated rings. The first-order chi connectivity index (χ1) is 32.4. The van der Waals surface area contributed by atoms with E-state index in [1.165, 1.54) is 26.5 Å². The normalized spacial score (nSPS) is 21.7. The summed E-state index contributed by atoms with van der Waals surface area (Å²) < 4.78 is 0. The van der Waals surface area contributed by atoms with Crippen LogP contribution in [0.3, 0.4) is 0 Å². The van der Waals surface area contributed by atoms with E-state index in [-0.39, 0.29) is 45.6 Å². The summed E-state index contributed by atoms with van der Waals surface area (Å²) in [5, 5.41) is 45.3. The second-order valence-corrected chi connectivity index (χ2v) is 16.7. The topological polar surface area (TPSA) is 415 Å². The second-order valence-electron chi connectivity index (χ2n) is 16.7. The van der Waals surface area contributed by atoms with Crippen molar-refractivity contribution in [2.75, 3.05) is 72.2 Å². The predicted molar refractivity (Wildman–Crippen MR) is 231 cm³/mol. The molecule has 68 heavy (non-hydrogen) atoms. The van der Waals surface area contributed by atoms with Crippen LogP contribution in [0.1, 0.15) is 58.3 Å². The minimum Gasteiger partial charge on any atom is -0.394 e. The van der Waals surface area contributed by atoms with Gasteiger partial charge in [0.15, 0.2) is 0 Å². The van der Waals surface area contributed by atoms with Gasteiger partial charge in [-0.2, -0.15) is 0 Å². The first-order valence-electron chi connectivity index (χ1n) is 22.4. The van der Waals surface area contributed by atoms with Crippen molar-refractivity contribution in [2.45, 2.75) is 107 Å². The molecule has 378 valence electrons. The van der Waals surface area contributed by atoms with E-state index in [0.717, 1.165) is 0 Å². The number of likely N-dealkylation sites (tertiary alicyclic amines) is 4. The summed E-state index contributed by atoms with van der Waals surface area (Å²) in [5.74, 6) is -8.89. The highest BCUT2D eigenvalue weighted by atomic mass is 16.3. The Labute approximate surface area is 390 Å². The molecule has 12 amide bonds. The molecule has 14 N–H and O–H groups in total. The molecule has 0 aliphatic carbocycles. The molecule has 4 aliphatic heterocycles. The standard InChI is InChI=1S/C40H63N13O15/c1-21(38(66)52-12-4-8-27(52)40(68)53-13-5-9-28(53)39(67)51-11-3-7-26(51)37(65)47-22(18-54)33(42)61)46-31(59)16-45-34(62)23(19-55)48-35(63)24(20-56)49-36(64)25-6-2-10-50(25)32(60)17-44-30(58)15-43-29(57)14-41/h21-28,54-56H,2-20,41H2,1H3,(H2,42,61)(H,43,57)(H,44,58)(H,45,62)(H,46,59)(H,47,65)(H,48,63)(H,49,64)/t21-,22-,23-,24-,25-,26-,27-,28-/m0/s1. The van der Waals surface area contributed by atoms with Crippen molar-refractivity contribution < 1.29 is 72.9 Å². The predicted octanol–water partition coefficient (Wildman–Crippen LogP) is -9.32. The van der Waals surface area contributed by atoms with E-state index in [0.29, 0.717) is 38.5 Å². The van der Waals surface area contributed by atoms with Gasteiger partial charge < -0.3 is 83.6 Å². The average Bonchev–Trinajstić information content (AvgIpc) is 4.18. The number of primary amides is 1. The Balaban J connectivity index is 1.25. The van der Waals surface area contributed by atoms with Crippen molar-refractivity contribution in [3.8, 4) is 0 Å². The van der Waals surface area contributed by atoms with Gasteiger partial charge in [-0.25, -0.2) is 0 Å². The number of carbonyl (C=O) groups excluding carboxylic acids is 12. The lowest BCUT2D eigenvalue weighted by Crippen LogP contribution is -2.59. The Morgan fingerprint density at radius 3 is 1.50 bits per heavy atom. The minimum absolute atomic E-state index is 0.142. The summed E-state index contributed by atoms with van der Waals surface area (Å²) in [7, 11) is 0. The molecule has 4 heterocycles. The number of nitrogens with two attached hydrogens (primary N) is 2. The third kappa shape index (κ3) is 14.0. The van der Waals surface area contributed by atoms with Crippen molar-refractivity contribution in [3.05, 3.63) is 0 Å². The summed E-state index contributed by atoms with van der Waals surface area (Å²) in [4.78, 5) is 159. The molecule has 4 rings (SSSR count). The fourth-order valence-corrected chi connectivity index (χ4v) is 8.48. The molecule has 0 bridgehead atoms. The Morgan fingerprint density at radius 2 is 0.956 bits per heavy atom. The molecule has 28 nitrogen and oxygen atoms in total. The number of aliphatic hydroxyl groups is 3. The Hall–Kier alpha value is -6.52. The largest absolute Gasteiger partial charge is 0.394 e. The van der Waals surface area contributed by atoms with Gasteiger partial charge in [0.25, 0.3) is 0 Å². The van der Waals surface area contributed by atoms with Crippen molar-refractivity contribution in [3.63, 3.8) is 0 Å². The molecular formula is C40H63N13O15. The van der Waals surface area contributed by atoms with Crippen LogP contribution < -0.4 is 48.7 Å². The van der Waals surface area contributed by atoms with Gasteiger partial charge in [-0.3, -0.25) is 57.5 Å². The zero-order valence-corrected chi connectivity index (χ0v) is 37.7. The molecule has 4 saturated heterocycles. The third-order valence-corrected chi connectivity index (χ3v) is 12.1. The van der Waals surface area contributed by atoms with Crippen LogP contribution in [-0.4, -0.2) is 226 Å². The average molecular weight is 966 g/mol. The van der Waals surface area contributed by atoms with Crippen LogP contribution in [0.15, 0.2) is 0 Å². The lowest BCUT2D eigenvalue weighted by molar-refractivity contribution is -0.151. The second kappa shape index (κ2) is 25.6. The van der Waals surface area contributed by atoms with E-state index < -0.39 is 159 Å². The summed E-state index contributed by atoms with van der Waals surface area (Å²) in [5.41, 5.74) is 10.4.